The van der Waals surface area contributed by atoms with Gasteiger partial charge in [0.05, 0.1) is 0 Å². The number of rotatable bonds is 6. The fraction of sp³-hybridized carbons (Fsp3) is 1.00. The van der Waals surface area contributed by atoms with E-state index < -0.39 is 4.01 Å². The molecule has 0 aromatic carbocycles. The Bertz CT molecular complexity index is 111. The molecule has 0 fully saturated rings. The molecule has 0 amide bonds. The summed E-state index contributed by atoms with van der Waals surface area (Å²) in [7, 11) is 0. The van der Waals surface area contributed by atoms with E-state index in [1.807, 2.05) is 0 Å². The van der Waals surface area contributed by atoms with Crippen molar-refractivity contribution in [1.82, 2.24) is 0 Å². The van der Waals surface area contributed by atoms with Crippen LogP contribution < -0.4 is 0 Å². The van der Waals surface area contributed by atoms with Gasteiger partial charge in [-0.2, -0.15) is 0 Å². The van der Waals surface area contributed by atoms with Crippen molar-refractivity contribution in [3.63, 3.8) is 0 Å². The molecule has 0 heterocycles. The van der Waals surface area contributed by atoms with Crippen LogP contribution >= 0.6 is 35.0 Å². The van der Waals surface area contributed by atoms with Gasteiger partial charge in [-0.3, -0.25) is 0 Å². The van der Waals surface area contributed by atoms with Crippen molar-refractivity contribution in [2.24, 2.45) is 0 Å². The predicted molar refractivity (Wildman–Crippen MR) is 70.2 cm³/mol. The SMILES string of the molecule is CCCP(Br)(Br)(CCC)CCC. The molecular weight excluding hydrogens is 299 g/mol. The fourth-order valence-corrected chi connectivity index (χ4v) is 11.8. The molecule has 0 bridgehead atoms. The molecule has 0 aliphatic rings. The molecule has 12 heavy (non-hydrogen) atoms. The van der Waals surface area contributed by atoms with Gasteiger partial charge in [-0.05, 0) is 0 Å². The average molecular weight is 320 g/mol. The summed E-state index contributed by atoms with van der Waals surface area (Å²) in [6.07, 6.45) is 7.88. The Labute approximate surface area is 93.3 Å². The Kier molecular flexibility index (Phi) is 5.93. The summed E-state index contributed by atoms with van der Waals surface area (Å²) in [6.45, 7) is 6.82. The molecule has 0 N–H and O–H groups in total. The second-order valence-corrected chi connectivity index (χ2v) is 21.9. The van der Waals surface area contributed by atoms with Gasteiger partial charge >= 0.3 is 93.5 Å². The van der Waals surface area contributed by atoms with E-state index in [1.165, 1.54) is 37.7 Å². The fourth-order valence-electron chi connectivity index (χ4n) is 1.79. The molecule has 0 atom stereocenters. The molecule has 0 aliphatic heterocycles. The Balaban J connectivity index is 4.31. The minimum absolute atomic E-state index is 1.29. The Hall–Kier alpha value is 1.39. The third kappa shape index (κ3) is 4.58. The number of hydrogen-bond donors (Lipinski definition) is 0. The second kappa shape index (κ2) is 5.32. The molecule has 0 saturated heterocycles. The number of halogens is 2. The van der Waals surface area contributed by atoms with Gasteiger partial charge in [0.15, 0.2) is 0 Å². The normalized spacial score (nSPS) is 15.6. The molecule has 0 aliphatic carbocycles. The summed E-state index contributed by atoms with van der Waals surface area (Å²) in [6, 6.07) is 0. The molecule has 0 unspecified atom stereocenters. The molecule has 0 saturated carbocycles. The Morgan fingerprint density at radius 1 is 0.750 bits per heavy atom. The predicted octanol–water partition coefficient (Wildman–Crippen LogP) is 5.39. The minimum atomic E-state index is -1.59. The van der Waals surface area contributed by atoms with E-state index in [1.54, 1.807) is 0 Å². The Morgan fingerprint density at radius 2 is 1.00 bits per heavy atom. The Morgan fingerprint density at radius 3 is 1.17 bits per heavy atom. The molecular formula is C9H21Br2P. The first-order chi connectivity index (χ1) is 5.46. The van der Waals surface area contributed by atoms with Crippen LogP contribution in [0.1, 0.15) is 40.0 Å². The zero-order chi connectivity index (χ0) is 9.69. The molecule has 0 nitrogen and oxygen atoms in total. The molecule has 0 rings (SSSR count). The van der Waals surface area contributed by atoms with Gasteiger partial charge in [0.1, 0.15) is 0 Å². The topological polar surface area (TPSA) is 0 Å². The molecule has 0 spiro atoms. The average Bonchev–Trinajstić information content (AvgIpc) is 1.86. The first-order valence-electron chi connectivity index (χ1n) is 4.91. The van der Waals surface area contributed by atoms with E-state index in [0.717, 1.165) is 0 Å². The first-order valence-corrected chi connectivity index (χ1v) is 11.7. The van der Waals surface area contributed by atoms with Crippen LogP contribution in [0.15, 0.2) is 0 Å². The summed E-state index contributed by atoms with van der Waals surface area (Å²) in [5, 5.41) is 0. The summed E-state index contributed by atoms with van der Waals surface area (Å²) in [5.74, 6) is 0. The van der Waals surface area contributed by atoms with E-state index in [4.69, 9.17) is 0 Å². The third-order valence-electron chi connectivity index (χ3n) is 2.13. The van der Waals surface area contributed by atoms with Crippen LogP contribution in [0.5, 0.6) is 0 Å². The maximum absolute atomic E-state index is 4.02. The van der Waals surface area contributed by atoms with Crippen molar-refractivity contribution in [1.29, 1.82) is 0 Å². The van der Waals surface area contributed by atoms with Crippen LogP contribution in [0, 0.1) is 0 Å². The number of hydrogen-bond acceptors (Lipinski definition) is 0. The quantitative estimate of drug-likeness (QED) is 0.576. The van der Waals surface area contributed by atoms with E-state index in [2.05, 4.69) is 51.7 Å². The van der Waals surface area contributed by atoms with Crippen LogP contribution in [0.25, 0.3) is 0 Å². The monoisotopic (exact) mass is 318 g/mol. The summed E-state index contributed by atoms with van der Waals surface area (Å²) in [5.41, 5.74) is 0. The van der Waals surface area contributed by atoms with Crippen molar-refractivity contribution in [2.45, 2.75) is 40.0 Å². The maximum atomic E-state index is 4.02. The first kappa shape index (κ1) is 13.4. The van der Waals surface area contributed by atoms with Crippen LogP contribution in [-0.2, 0) is 0 Å². The van der Waals surface area contributed by atoms with Gasteiger partial charge in [-0.25, -0.2) is 0 Å². The molecule has 76 valence electrons. The standard InChI is InChI=1S/C9H21Br2P/c1-4-7-12(10,11,8-5-2)9-6-3/h4-9H2,1-3H3. The summed E-state index contributed by atoms with van der Waals surface area (Å²) in [4.78, 5) is 0. The van der Waals surface area contributed by atoms with Gasteiger partial charge in [0, 0.05) is 0 Å². The molecule has 3 heteroatoms. The van der Waals surface area contributed by atoms with E-state index in [-0.39, 0.29) is 0 Å². The van der Waals surface area contributed by atoms with Crippen LogP contribution in [0.4, 0.5) is 0 Å². The zero-order valence-corrected chi connectivity index (χ0v) is 12.5. The third-order valence-corrected chi connectivity index (χ3v) is 12.8. The van der Waals surface area contributed by atoms with Crippen LogP contribution in [-0.4, -0.2) is 18.5 Å². The van der Waals surface area contributed by atoms with Gasteiger partial charge in [-0.1, -0.05) is 0 Å². The van der Waals surface area contributed by atoms with Crippen molar-refractivity contribution >= 4 is 35.0 Å². The van der Waals surface area contributed by atoms with Crippen LogP contribution in [0.3, 0.4) is 0 Å². The van der Waals surface area contributed by atoms with E-state index >= 15 is 0 Å². The summed E-state index contributed by atoms with van der Waals surface area (Å²) < 4.78 is -1.59. The van der Waals surface area contributed by atoms with Crippen molar-refractivity contribution in [3.05, 3.63) is 0 Å². The molecule has 0 aromatic rings. The summed E-state index contributed by atoms with van der Waals surface area (Å²) >= 11 is 8.03. The second-order valence-electron chi connectivity index (χ2n) is 3.62. The zero-order valence-electron chi connectivity index (χ0n) is 8.45. The van der Waals surface area contributed by atoms with Gasteiger partial charge in [0.2, 0.25) is 0 Å². The molecule has 0 aromatic heterocycles. The van der Waals surface area contributed by atoms with Crippen molar-refractivity contribution < 1.29 is 0 Å². The van der Waals surface area contributed by atoms with E-state index in [9.17, 15) is 0 Å². The molecule has 0 radical (unpaired) electrons. The van der Waals surface area contributed by atoms with Crippen molar-refractivity contribution in [2.75, 3.05) is 18.5 Å². The van der Waals surface area contributed by atoms with Gasteiger partial charge < -0.3 is 0 Å². The van der Waals surface area contributed by atoms with E-state index in [0.29, 0.717) is 0 Å². The van der Waals surface area contributed by atoms with Gasteiger partial charge in [0.25, 0.3) is 0 Å². The van der Waals surface area contributed by atoms with Crippen LogP contribution in [0.2, 0.25) is 0 Å². The van der Waals surface area contributed by atoms with Crippen molar-refractivity contribution in [3.8, 4) is 0 Å². The van der Waals surface area contributed by atoms with Gasteiger partial charge in [-0.15, -0.1) is 0 Å².